The number of halogens is 6. The van der Waals surface area contributed by atoms with Crippen LogP contribution in [0.5, 0.6) is 0 Å². The van der Waals surface area contributed by atoms with Crippen molar-refractivity contribution in [3.05, 3.63) is 0 Å². The highest BCUT2D eigenvalue weighted by Crippen LogP contribution is 2.54. The van der Waals surface area contributed by atoms with E-state index in [1.165, 1.54) is 0 Å². The first-order valence-electron chi connectivity index (χ1n) is 3.49. The molecule has 0 aliphatic carbocycles. The van der Waals surface area contributed by atoms with Gasteiger partial charge in [0.1, 0.15) is 4.33 Å². The van der Waals surface area contributed by atoms with Gasteiger partial charge in [-0.2, -0.15) is 0 Å². The van der Waals surface area contributed by atoms with Crippen LogP contribution in [0.1, 0.15) is 20.8 Å². The molecule has 0 N–H and O–H groups in total. The van der Waals surface area contributed by atoms with Crippen molar-refractivity contribution in [1.82, 2.24) is 0 Å². The lowest BCUT2D eigenvalue weighted by Crippen LogP contribution is -2.45. The third-order valence-corrected chi connectivity index (χ3v) is 8.52. The molecule has 0 nitrogen and oxygen atoms in total. The average Bonchev–Trinajstić information content (AvgIpc) is 1.81. The van der Waals surface area contributed by atoms with Gasteiger partial charge in [-0.05, 0) is 50.6 Å². The molecule has 0 fully saturated rings. The Balaban J connectivity index is 4.86. The van der Waals surface area contributed by atoms with Gasteiger partial charge in [0, 0.05) is 0 Å². The Morgan fingerprint density at radius 3 is 1.46 bits per heavy atom. The van der Waals surface area contributed by atoms with Crippen LogP contribution in [0.2, 0.25) is 0 Å². The number of hydrogen-bond donors (Lipinski definition) is 0. The van der Waals surface area contributed by atoms with Gasteiger partial charge in [0.05, 0.1) is 4.83 Å². The van der Waals surface area contributed by atoms with Crippen molar-refractivity contribution < 1.29 is 0 Å². The van der Waals surface area contributed by atoms with Crippen molar-refractivity contribution in [3.8, 4) is 0 Å². The monoisotopic (exact) mass is 532 g/mol. The first kappa shape index (κ1) is 15.8. The Hall–Kier alpha value is 2.81. The van der Waals surface area contributed by atoms with Gasteiger partial charge in [-0.1, -0.05) is 71.5 Å². The van der Waals surface area contributed by atoms with Crippen LogP contribution in [-0.4, -0.2) is 10.0 Å². The maximum atomic E-state index is 6.27. The predicted molar refractivity (Wildman–Crippen MR) is 83.2 cm³/mol. The summed E-state index contributed by atoms with van der Waals surface area (Å²) in [6.07, 6.45) is 0. The Morgan fingerprint density at radius 2 is 1.38 bits per heavy atom. The Kier molecular flexibility index (Phi) is 6.06. The summed E-state index contributed by atoms with van der Waals surface area (Å²) in [7, 11) is 0. The molecule has 0 aliphatic heterocycles. The fourth-order valence-electron chi connectivity index (χ4n) is 0.586. The minimum Gasteiger partial charge on any atom is -0.0997 e. The molecule has 13 heavy (non-hydrogen) atoms. The SMILES string of the molecule is CC(C)(C)C(Cl)(Cl)C(Br)C(Cl)(I)I. The Bertz CT molecular complexity index is 183. The van der Waals surface area contributed by atoms with Crippen molar-refractivity contribution >= 4 is 95.9 Å². The second-order valence-electron chi connectivity index (χ2n) is 3.78. The highest BCUT2D eigenvalue weighted by Gasteiger charge is 2.51. The molecular weight excluding hydrogens is 524 g/mol. The molecular formula is C7H10BrCl3I2. The quantitative estimate of drug-likeness (QED) is 0.314. The molecule has 0 aromatic heterocycles. The molecule has 0 heterocycles. The maximum absolute atomic E-state index is 6.27. The van der Waals surface area contributed by atoms with E-state index in [1.807, 2.05) is 20.8 Å². The fraction of sp³-hybridized carbons (Fsp3) is 1.00. The Morgan fingerprint density at radius 1 is 1.08 bits per heavy atom. The topological polar surface area (TPSA) is 0 Å². The number of alkyl halides is 6. The second-order valence-corrected chi connectivity index (χ2v) is 13.4. The van der Waals surface area contributed by atoms with Crippen LogP contribution in [0.25, 0.3) is 0 Å². The van der Waals surface area contributed by atoms with Crippen molar-refractivity contribution in [2.45, 2.75) is 30.8 Å². The summed E-state index contributed by atoms with van der Waals surface area (Å²) in [5.74, 6) is 0. The zero-order valence-corrected chi connectivity index (χ0v) is 15.5. The molecule has 0 aromatic rings. The molecule has 6 heteroatoms. The van der Waals surface area contributed by atoms with E-state index in [9.17, 15) is 0 Å². The van der Waals surface area contributed by atoms with E-state index in [-0.39, 0.29) is 10.2 Å². The van der Waals surface area contributed by atoms with Crippen molar-refractivity contribution in [2.24, 2.45) is 5.41 Å². The maximum Gasteiger partial charge on any atom is 0.161 e. The van der Waals surface area contributed by atoms with Crippen molar-refractivity contribution in [1.29, 1.82) is 0 Å². The van der Waals surface area contributed by atoms with Gasteiger partial charge < -0.3 is 0 Å². The fourth-order valence-corrected chi connectivity index (χ4v) is 3.55. The molecule has 0 rings (SSSR count). The van der Waals surface area contributed by atoms with E-state index < -0.39 is 5.22 Å². The van der Waals surface area contributed by atoms with Crippen LogP contribution in [0.15, 0.2) is 0 Å². The highest BCUT2D eigenvalue weighted by atomic mass is 127. The summed E-state index contributed by atoms with van der Waals surface area (Å²) in [5.41, 5.74) is -0.235. The lowest BCUT2D eigenvalue weighted by molar-refractivity contribution is 0.352. The summed E-state index contributed by atoms with van der Waals surface area (Å²) in [4.78, 5) is -0.196. The van der Waals surface area contributed by atoms with Gasteiger partial charge in [0.15, 0.2) is 0.888 Å². The summed E-state index contributed by atoms with van der Waals surface area (Å²) in [6, 6.07) is 0. The smallest absolute Gasteiger partial charge is 0.0997 e. The molecule has 0 saturated heterocycles. The van der Waals surface area contributed by atoms with Crippen LogP contribution >= 0.6 is 95.9 Å². The molecule has 80 valence electrons. The van der Waals surface area contributed by atoms with E-state index in [4.69, 9.17) is 34.8 Å². The lowest BCUT2D eigenvalue weighted by Gasteiger charge is -2.40. The van der Waals surface area contributed by atoms with Gasteiger partial charge in [0.2, 0.25) is 0 Å². The second kappa shape index (κ2) is 4.98. The molecule has 1 atom stereocenters. The number of rotatable bonds is 2. The minimum absolute atomic E-state index is 0.196. The van der Waals surface area contributed by atoms with E-state index in [2.05, 4.69) is 61.1 Å². The summed E-state index contributed by atoms with van der Waals surface area (Å²) < 4.78 is -1.44. The van der Waals surface area contributed by atoms with E-state index in [0.717, 1.165) is 0 Å². The third-order valence-electron chi connectivity index (χ3n) is 1.61. The molecule has 0 saturated carbocycles. The van der Waals surface area contributed by atoms with Gasteiger partial charge in [-0.15, -0.1) is 0 Å². The molecule has 0 radical (unpaired) electrons. The van der Waals surface area contributed by atoms with E-state index in [0.29, 0.717) is 0 Å². The van der Waals surface area contributed by atoms with Crippen LogP contribution < -0.4 is 0 Å². The first-order valence-corrected chi connectivity index (χ1v) is 7.70. The average molecular weight is 534 g/mol. The largest absolute Gasteiger partial charge is 0.161 e. The number of hydrogen-bond acceptors (Lipinski definition) is 0. The molecule has 0 amide bonds. The minimum atomic E-state index is -0.906. The molecule has 0 aromatic carbocycles. The Labute approximate surface area is 130 Å². The highest BCUT2D eigenvalue weighted by molar-refractivity contribution is 14.2. The zero-order chi connectivity index (χ0) is 11.1. The normalized spacial score (nSPS) is 17.3. The van der Waals surface area contributed by atoms with Gasteiger partial charge in [-0.25, -0.2) is 0 Å². The van der Waals surface area contributed by atoms with Gasteiger partial charge in [0.25, 0.3) is 0 Å². The van der Waals surface area contributed by atoms with Gasteiger partial charge in [-0.3, -0.25) is 0 Å². The standard InChI is InChI=1S/C7H10BrCl3I2/c1-5(2,3)6(9,10)4(8)7(11,12)13/h4H,1-3H3. The van der Waals surface area contributed by atoms with E-state index in [1.54, 1.807) is 0 Å². The molecule has 0 bridgehead atoms. The van der Waals surface area contributed by atoms with Gasteiger partial charge >= 0.3 is 0 Å². The molecule has 1 unspecified atom stereocenters. The molecule has 0 aliphatic rings. The van der Waals surface area contributed by atoms with Crippen LogP contribution in [0, 0.1) is 5.41 Å². The first-order chi connectivity index (χ1) is 5.40. The lowest BCUT2D eigenvalue weighted by atomic mass is 9.89. The van der Waals surface area contributed by atoms with Crippen LogP contribution in [0.3, 0.4) is 0 Å². The van der Waals surface area contributed by atoms with Crippen LogP contribution in [-0.2, 0) is 0 Å². The summed E-state index contributed by atoms with van der Waals surface area (Å²) >= 11 is 26.3. The van der Waals surface area contributed by atoms with Crippen molar-refractivity contribution in [2.75, 3.05) is 0 Å². The summed E-state index contributed by atoms with van der Waals surface area (Å²) in [6.45, 7) is 5.95. The van der Waals surface area contributed by atoms with Crippen LogP contribution in [0.4, 0.5) is 0 Å². The van der Waals surface area contributed by atoms with Crippen molar-refractivity contribution in [3.63, 3.8) is 0 Å². The predicted octanol–water partition coefficient (Wildman–Crippen LogP) is 5.73. The van der Waals surface area contributed by atoms with E-state index >= 15 is 0 Å². The zero-order valence-electron chi connectivity index (χ0n) is 7.35. The third kappa shape index (κ3) is 4.29. The summed E-state index contributed by atoms with van der Waals surface area (Å²) in [5, 5.41) is 0. The molecule has 0 spiro atoms.